The highest BCUT2D eigenvalue weighted by Gasteiger charge is 2.24. The lowest BCUT2D eigenvalue weighted by molar-refractivity contribution is 0.0577. The van der Waals surface area contributed by atoms with Gasteiger partial charge in [-0.05, 0) is 63.6 Å². The van der Waals surface area contributed by atoms with Crippen molar-refractivity contribution >= 4 is 17.6 Å². The first kappa shape index (κ1) is 19.6. The second-order valence-corrected chi connectivity index (χ2v) is 7.36. The van der Waals surface area contributed by atoms with Crippen molar-refractivity contribution in [2.45, 2.75) is 32.8 Å². The molecule has 0 saturated heterocycles. The van der Waals surface area contributed by atoms with E-state index in [4.69, 9.17) is 4.74 Å². The number of amides is 1. The van der Waals surface area contributed by atoms with E-state index in [-0.39, 0.29) is 18.9 Å². The van der Waals surface area contributed by atoms with Crippen LogP contribution in [0, 0.1) is 0 Å². The zero-order valence-electron chi connectivity index (χ0n) is 16.2. The van der Waals surface area contributed by atoms with Crippen LogP contribution < -0.4 is 4.90 Å². The van der Waals surface area contributed by atoms with Gasteiger partial charge >= 0.3 is 6.09 Å². The smallest absolute Gasteiger partial charge is 0.416 e. The van der Waals surface area contributed by atoms with Crippen molar-refractivity contribution < 1.29 is 19.7 Å². The molecular weight excluding hydrogens is 360 g/mol. The van der Waals surface area contributed by atoms with Crippen LogP contribution in [-0.4, -0.2) is 49.7 Å². The van der Waals surface area contributed by atoms with Gasteiger partial charge in [-0.2, -0.15) is 0 Å². The minimum Gasteiger partial charge on any atom is -0.508 e. The second-order valence-electron chi connectivity index (χ2n) is 7.36. The number of imidazole rings is 1. The van der Waals surface area contributed by atoms with Gasteiger partial charge in [0.05, 0.1) is 11.9 Å². The van der Waals surface area contributed by atoms with Crippen LogP contribution in [0.4, 0.5) is 10.6 Å². The average molecular weight is 384 g/mol. The third kappa shape index (κ3) is 4.40. The molecule has 2 N–H and O–H groups in total. The largest absolute Gasteiger partial charge is 0.508 e. The van der Waals surface area contributed by atoms with E-state index in [0.717, 1.165) is 11.3 Å². The summed E-state index contributed by atoms with van der Waals surface area (Å²) in [7, 11) is 0. The molecule has 28 heavy (non-hydrogen) atoms. The number of anilines is 1. The van der Waals surface area contributed by atoms with Gasteiger partial charge in [0.25, 0.3) is 0 Å². The van der Waals surface area contributed by atoms with Gasteiger partial charge in [0.2, 0.25) is 0 Å². The number of aliphatic hydroxyl groups is 1. The van der Waals surface area contributed by atoms with E-state index in [0.29, 0.717) is 17.9 Å². The molecule has 0 fully saturated rings. The SMILES string of the molecule is CC(C)(C)OC(=O)N(CCCO)c1ccc2ncc(-c3ccc(O)cc3)n2n1. The minimum absolute atomic E-state index is 0.0502. The van der Waals surface area contributed by atoms with Crippen LogP contribution in [-0.2, 0) is 4.74 Å². The first-order valence-electron chi connectivity index (χ1n) is 9.04. The quantitative estimate of drug-likeness (QED) is 0.701. The zero-order chi connectivity index (χ0) is 20.3. The number of hydrogen-bond acceptors (Lipinski definition) is 6. The number of phenols is 1. The number of fused-ring (bicyclic) bond motifs is 1. The van der Waals surface area contributed by atoms with E-state index in [2.05, 4.69) is 10.1 Å². The Morgan fingerprint density at radius 2 is 1.89 bits per heavy atom. The van der Waals surface area contributed by atoms with Crippen LogP contribution >= 0.6 is 0 Å². The van der Waals surface area contributed by atoms with Crippen molar-refractivity contribution in [3.63, 3.8) is 0 Å². The predicted molar refractivity (Wildman–Crippen MR) is 105 cm³/mol. The fourth-order valence-corrected chi connectivity index (χ4v) is 2.68. The highest BCUT2D eigenvalue weighted by atomic mass is 16.6. The predicted octanol–water partition coefficient (Wildman–Crippen LogP) is 3.23. The number of benzene rings is 1. The molecular formula is C20H24N4O4. The number of aromatic hydroxyl groups is 1. The molecule has 8 heteroatoms. The van der Waals surface area contributed by atoms with Gasteiger partial charge in [-0.15, -0.1) is 5.10 Å². The maximum absolute atomic E-state index is 12.7. The fourth-order valence-electron chi connectivity index (χ4n) is 2.68. The number of phenolic OH excluding ortho intramolecular Hbond substituents is 1. The molecule has 0 aliphatic heterocycles. The number of aromatic nitrogens is 3. The molecule has 0 aliphatic rings. The Morgan fingerprint density at radius 3 is 2.54 bits per heavy atom. The maximum atomic E-state index is 12.7. The molecule has 0 saturated carbocycles. The molecule has 1 amide bonds. The van der Waals surface area contributed by atoms with Crippen molar-refractivity contribution in [3.05, 3.63) is 42.6 Å². The number of aliphatic hydroxyl groups excluding tert-OH is 1. The lowest BCUT2D eigenvalue weighted by Gasteiger charge is -2.26. The van der Waals surface area contributed by atoms with Crippen LogP contribution in [0.2, 0.25) is 0 Å². The highest BCUT2D eigenvalue weighted by molar-refractivity contribution is 5.86. The van der Waals surface area contributed by atoms with Gasteiger partial charge in [-0.1, -0.05) is 0 Å². The van der Waals surface area contributed by atoms with E-state index in [1.165, 1.54) is 4.90 Å². The van der Waals surface area contributed by atoms with Gasteiger partial charge in [0.15, 0.2) is 11.5 Å². The summed E-state index contributed by atoms with van der Waals surface area (Å²) in [6, 6.07) is 10.2. The number of rotatable bonds is 5. The summed E-state index contributed by atoms with van der Waals surface area (Å²) in [5, 5.41) is 23.3. The van der Waals surface area contributed by atoms with Crippen molar-refractivity contribution in [2.24, 2.45) is 0 Å². The van der Waals surface area contributed by atoms with Crippen molar-refractivity contribution in [2.75, 3.05) is 18.1 Å². The molecule has 0 spiro atoms. The van der Waals surface area contributed by atoms with Gasteiger partial charge in [-0.3, -0.25) is 4.90 Å². The summed E-state index contributed by atoms with van der Waals surface area (Å²) in [4.78, 5) is 18.4. The van der Waals surface area contributed by atoms with Gasteiger partial charge in [-0.25, -0.2) is 14.3 Å². The van der Waals surface area contributed by atoms with Crippen LogP contribution in [0.3, 0.4) is 0 Å². The second kappa shape index (κ2) is 7.85. The Hall–Kier alpha value is -3.13. The Bertz CT molecular complexity index is 960. The molecule has 0 radical (unpaired) electrons. The van der Waals surface area contributed by atoms with Crippen LogP contribution in [0.1, 0.15) is 27.2 Å². The van der Waals surface area contributed by atoms with E-state index in [9.17, 15) is 15.0 Å². The van der Waals surface area contributed by atoms with E-state index in [1.807, 2.05) is 0 Å². The summed E-state index contributed by atoms with van der Waals surface area (Å²) < 4.78 is 7.12. The van der Waals surface area contributed by atoms with Crippen LogP contribution in [0.15, 0.2) is 42.6 Å². The summed E-state index contributed by atoms with van der Waals surface area (Å²) in [5.74, 6) is 0.569. The molecule has 2 heterocycles. The van der Waals surface area contributed by atoms with Crippen LogP contribution in [0.25, 0.3) is 16.9 Å². The van der Waals surface area contributed by atoms with Gasteiger partial charge in [0, 0.05) is 18.7 Å². The summed E-state index contributed by atoms with van der Waals surface area (Å²) in [5.41, 5.74) is 1.53. The number of carbonyl (C=O) groups is 1. The number of nitrogens with zero attached hydrogens (tertiary/aromatic N) is 4. The molecule has 8 nitrogen and oxygen atoms in total. The number of hydrogen-bond donors (Lipinski definition) is 2. The van der Waals surface area contributed by atoms with E-state index in [1.54, 1.807) is 67.9 Å². The Balaban J connectivity index is 2.01. The van der Waals surface area contributed by atoms with Gasteiger partial charge < -0.3 is 14.9 Å². The van der Waals surface area contributed by atoms with Gasteiger partial charge in [0.1, 0.15) is 11.4 Å². The monoisotopic (exact) mass is 384 g/mol. The van der Waals surface area contributed by atoms with Crippen molar-refractivity contribution in [1.82, 2.24) is 14.6 Å². The zero-order valence-corrected chi connectivity index (χ0v) is 16.2. The molecule has 1 aromatic carbocycles. The van der Waals surface area contributed by atoms with E-state index >= 15 is 0 Å². The minimum atomic E-state index is -0.648. The molecule has 0 bridgehead atoms. The molecule has 0 aliphatic carbocycles. The lowest BCUT2D eigenvalue weighted by Crippen LogP contribution is -2.38. The Labute approximate surface area is 163 Å². The molecule has 0 atom stereocenters. The first-order valence-corrected chi connectivity index (χ1v) is 9.04. The highest BCUT2D eigenvalue weighted by Crippen LogP contribution is 2.24. The Morgan fingerprint density at radius 1 is 1.18 bits per heavy atom. The third-order valence-corrected chi connectivity index (χ3v) is 3.94. The Kier molecular flexibility index (Phi) is 5.51. The summed E-state index contributed by atoms with van der Waals surface area (Å²) in [6.07, 6.45) is 1.55. The molecule has 148 valence electrons. The number of ether oxygens (including phenoxy) is 1. The standard InChI is InChI=1S/C20H24N4O4/c1-20(2,3)28-19(27)23(11-4-12-25)18-10-9-17-21-13-16(24(17)22-18)14-5-7-15(26)8-6-14/h5-10,13,25-26H,4,11-12H2,1-3H3. The molecule has 2 aromatic heterocycles. The summed E-state index contributed by atoms with van der Waals surface area (Å²) >= 11 is 0. The van der Waals surface area contributed by atoms with E-state index < -0.39 is 11.7 Å². The fraction of sp³-hybridized carbons (Fsp3) is 0.350. The molecule has 0 unspecified atom stereocenters. The lowest BCUT2D eigenvalue weighted by atomic mass is 10.2. The normalized spacial score (nSPS) is 11.6. The first-order chi connectivity index (χ1) is 13.3. The topological polar surface area (TPSA) is 100 Å². The molecule has 3 aromatic rings. The molecule has 3 rings (SSSR count). The van der Waals surface area contributed by atoms with Crippen molar-refractivity contribution in [1.29, 1.82) is 0 Å². The van der Waals surface area contributed by atoms with Crippen LogP contribution in [0.5, 0.6) is 5.75 Å². The maximum Gasteiger partial charge on any atom is 0.416 e. The average Bonchev–Trinajstić information content (AvgIpc) is 3.04. The third-order valence-electron chi connectivity index (χ3n) is 3.94. The number of carbonyl (C=O) groups excluding carboxylic acids is 1. The van der Waals surface area contributed by atoms with Crippen molar-refractivity contribution in [3.8, 4) is 17.0 Å². The summed E-state index contributed by atoms with van der Waals surface area (Å²) in [6.45, 7) is 5.61.